The Bertz CT molecular complexity index is 773. The van der Waals surface area contributed by atoms with Crippen LogP contribution in [0.2, 0.25) is 0 Å². The van der Waals surface area contributed by atoms with E-state index in [0.29, 0.717) is 11.9 Å². The Morgan fingerprint density at radius 1 is 1.32 bits per heavy atom. The number of aryl methyl sites for hydroxylation is 1. The maximum atomic E-state index is 12.9. The minimum Gasteiger partial charge on any atom is -0.481 e. The molecule has 0 radical (unpaired) electrons. The first kappa shape index (κ1) is 17.4. The fourth-order valence-electron chi connectivity index (χ4n) is 3.29. The number of ether oxygens (including phenoxy) is 1. The van der Waals surface area contributed by atoms with Gasteiger partial charge in [0.1, 0.15) is 0 Å². The highest BCUT2D eigenvalue weighted by molar-refractivity contribution is 5.95. The molecule has 0 N–H and O–H groups in total. The molecule has 25 heavy (non-hydrogen) atoms. The second kappa shape index (κ2) is 7.23. The van der Waals surface area contributed by atoms with Gasteiger partial charge in [0.15, 0.2) is 0 Å². The van der Waals surface area contributed by atoms with Crippen LogP contribution in [-0.2, 0) is 0 Å². The molecule has 1 aromatic carbocycles. The van der Waals surface area contributed by atoms with Gasteiger partial charge in [-0.2, -0.15) is 0 Å². The molecule has 1 atom stereocenters. The van der Waals surface area contributed by atoms with Crippen LogP contribution in [0.4, 0.5) is 0 Å². The average Bonchev–Trinajstić information content (AvgIpc) is 3.11. The van der Waals surface area contributed by atoms with E-state index < -0.39 is 0 Å². The summed E-state index contributed by atoms with van der Waals surface area (Å²) in [5.74, 6) is 0.700. The Labute approximate surface area is 149 Å². The van der Waals surface area contributed by atoms with Crippen molar-refractivity contribution in [3.63, 3.8) is 0 Å². The van der Waals surface area contributed by atoms with Crippen LogP contribution >= 0.6 is 0 Å². The molecule has 1 aliphatic heterocycles. The first-order valence-corrected chi connectivity index (χ1v) is 8.56. The van der Waals surface area contributed by atoms with Crippen LogP contribution in [0.1, 0.15) is 22.3 Å². The van der Waals surface area contributed by atoms with Crippen LogP contribution in [0.3, 0.4) is 0 Å². The topological polar surface area (TPSA) is 45.7 Å². The highest BCUT2D eigenvalue weighted by Crippen LogP contribution is 2.26. The van der Waals surface area contributed by atoms with Gasteiger partial charge in [0.25, 0.3) is 5.91 Å². The summed E-state index contributed by atoms with van der Waals surface area (Å²) in [5.41, 5.74) is 3.82. The lowest BCUT2D eigenvalue weighted by molar-refractivity contribution is 0.0783. The Morgan fingerprint density at radius 3 is 2.76 bits per heavy atom. The van der Waals surface area contributed by atoms with Crippen molar-refractivity contribution in [2.24, 2.45) is 0 Å². The molecular weight excluding hydrogens is 314 g/mol. The Kier molecular flexibility index (Phi) is 5.04. The summed E-state index contributed by atoms with van der Waals surface area (Å²) in [6.45, 7) is 3.63. The number of carbonyl (C=O) groups is 1. The summed E-state index contributed by atoms with van der Waals surface area (Å²) in [6.07, 6.45) is 2.83. The van der Waals surface area contributed by atoms with Gasteiger partial charge in [0, 0.05) is 42.5 Å². The maximum Gasteiger partial charge on any atom is 0.253 e. The molecule has 3 rings (SSSR count). The van der Waals surface area contributed by atoms with Gasteiger partial charge >= 0.3 is 0 Å². The van der Waals surface area contributed by atoms with E-state index in [4.69, 9.17) is 4.74 Å². The van der Waals surface area contributed by atoms with E-state index in [9.17, 15) is 4.79 Å². The molecule has 5 nitrogen and oxygen atoms in total. The molecule has 0 unspecified atom stereocenters. The number of likely N-dealkylation sites (N-methyl/N-ethyl adjacent to an activating group) is 1. The Hall–Kier alpha value is -2.40. The van der Waals surface area contributed by atoms with Gasteiger partial charge in [-0.3, -0.25) is 4.79 Å². The number of hydrogen-bond acceptors (Lipinski definition) is 4. The molecule has 1 amide bonds. The van der Waals surface area contributed by atoms with Crippen molar-refractivity contribution >= 4 is 5.91 Å². The van der Waals surface area contributed by atoms with Crippen molar-refractivity contribution in [2.75, 3.05) is 34.3 Å². The SMILES string of the molecule is COc1cc(C)c(-c2cccc(C(=O)N3CC[C@@H](N(C)C)C3)c2)cn1. The van der Waals surface area contributed by atoms with Crippen molar-refractivity contribution in [1.29, 1.82) is 0 Å². The molecule has 0 bridgehead atoms. The molecule has 1 aromatic heterocycles. The largest absolute Gasteiger partial charge is 0.481 e. The Balaban J connectivity index is 1.83. The van der Waals surface area contributed by atoms with Crippen molar-refractivity contribution in [3.8, 4) is 17.0 Å². The second-order valence-corrected chi connectivity index (χ2v) is 6.78. The van der Waals surface area contributed by atoms with Gasteiger partial charge in [0.2, 0.25) is 5.88 Å². The molecule has 0 aliphatic carbocycles. The lowest BCUT2D eigenvalue weighted by Gasteiger charge is -2.20. The molecule has 0 spiro atoms. The molecule has 1 aliphatic rings. The Morgan fingerprint density at radius 2 is 2.12 bits per heavy atom. The van der Waals surface area contributed by atoms with E-state index in [1.165, 1.54) is 0 Å². The highest BCUT2D eigenvalue weighted by Gasteiger charge is 2.28. The quantitative estimate of drug-likeness (QED) is 0.859. The predicted octanol–water partition coefficient (Wildman–Crippen LogP) is 2.84. The molecular formula is C20H25N3O2. The van der Waals surface area contributed by atoms with E-state index >= 15 is 0 Å². The molecule has 2 aromatic rings. The summed E-state index contributed by atoms with van der Waals surface area (Å²) < 4.78 is 5.17. The van der Waals surface area contributed by atoms with Crippen LogP contribution in [-0.4, -0.2) is 61.0 Å². The summed E-state index contributed by atoms with van der Waals surface area (Å²) >= 11 is 0. The molecule has 2 heterocycles. The van der Waals surface area contributed by atoms with E-state index in [2.05, 4.69) is 24.0 Å². The fraction of sp³-hybridized carbons (Fsp3) is 0.400. The average molecular weight is 339 g/mol. The van der Waals surface area contributed by atoms with E-state index in [-0.39, 0.29) is 5.91 Å². The minimum absolute atomic E-state index is 0.102. The van der Waals surface area contributed by atoms with Gasteiger partial charge in [-0.15, -0.1) is 0 Å². The third-order valence-corrected chi connectivity index (χ3v) is 4.90. The normalized spacial score (nSPS) is 17.2. The van der Waals surface area contributed by atoms with Crippen molar-refractivity contribution in [2.45, 2.75) is 19.4 Å². The number of nitrogens with zero attached hydrogens (tertiary/aromatic N) is 3. The first-order valence-electron chi connectivity index (χ1n) is 8.56. The summed E-state index contributed by atoms with van der Waals surface area (Å²) in [4.78, 5) is 21.3. The number of benzene rings is 1. The van der Waals surface area contributed by atoms with E-state index in [0.717, 1.165) is 41.8 Å². The number of pyridine rings is 1. The zero-order valence-corrected chi connectivity index (χ0v) is 15.3. The van der Waals surface area contributed by atoms with Crippen LogP contribution in [0.15, 0.2) is 36.5 Å². The lowest BCUT2D eigenvalue weighted by Crippen LogP contribution is -2.34. The number of amides is 1. The van der Waals surface area contributed by atoms with E-state index in [1.54, 1.807) is 13.3 Å². The predicted molar refractivity (Wildman–Crippen MR) is 99.0 cm³/mol. The third-order valence-electron chi connectivity index (χ3n) is 4.90. The summed E-state index contributed by atoms with van der Waals surface area (Å²) in [6, 6.07) is 10.2. The summed E-state index contributed by atoms with van der Waals surface area (Å²) in [5, 5.41) is 0. The molecule has 132 valence electrons. The number of likely N-dealkylation sites (tertiary alicyclic amines) is 1. The van der Waals surface area contributed by atoms with Crippen LogP contribution in [0, 0.1) is 6.92 Å². The molecule has 0 saturated carbocycles. The zero-order valence-electron chi connectivity index (χ0n) is 15.3. The number of rotatable bonds is 4. The van der Waals surface area contributed by atoms with E-state index in [1.807, 2.05) is 42.2 Å². The number of hydrogen-bond donors (Lipinski definition) is 0. The molecule has 5 heteroatoms. The fourth-order valence-corrected chi connectivity index (χ4v) is 3.29. The van der Waals surface area contributed by atoms with Gasteiger partial charge in [-0.05, 0) is 50.7 Å². The summed E-state index contributed by atoms with van der Waals surface area (Å²) in [7, 11) is 5.75. The third kappa shape index (κ3) is 3.66. The zero-order chi connectivity index (χ0) is 18.0. The van der Waals surface area contributed by atoms with Gasteiger partial charge in [-0.1, -0.05) is 12.1 Å². The van der Waals surface area contributed by atoms with Crippen LogP contribution < -0.4 is 4.74 Å². The minimum atomic E-state index is 0.102. The monoisotopic (exact) mass is 339 g/mol. The maximum absolute atomic E-state index is 12.9. The lowest BCUT2D eigenvalue weighted by atomic mass is 10.0. The van der Waals surface area contributed by atoms with Crippen molar-refractivity contribution in [3.05, 3.63) is 47.7 Å². The number of carbonyl (C=O) groups excluding carboxylic acids is 1. The smallest absolute Gasteiger partial charge is 0.253 e. The van der Waals surface area contributed by atoms with Crippen molar-refractivity contribution < 1.29 is 9.53 Å². The van der Waals surface area contributed by atoms with Crippen LogP contribution in [0.5, 0.6) is 5.88 Å². The molecule has 1 fully saturated rings. The number of methoxy groups -OCH3 is 1. The first-order chi connectivity index (χ1) is 12.0. The number of aromatic nitrogens is 1. The van der Waals surface area contributed by atoms with Gasteiger partial charge in [-0.25, -0.2) is 4.98 Å². The standard InChI is InChI=1S/C20H25N3O2/c1-14-10-19(25-4)21-12-18(14)15-6-5-7-16(11-15)20(24)23-9-8-17(13-23)22(2)3/h5-7,10-12,17H,8-9,13H2,1-4H3/t17-/m1/s1. The van der Waals surface area contributed by atoms with Gasteiger partial charge < -0.3 is 14.5 Å². The highest BCUT2D eigenvalue weighted by atomic mass is 16.5. The van der Waals surface area contributed by atoms with Gasteiger partial charge in [0.05, 0.1) is 7.11 Å². The second-order valence-electron chi connectivity index (χ2n) is 6.78. The van der Waals surface area contributed by atoms with Crippen molar-refractivity contribution in [1.82, 2.24) is 14.8 Å². The van der Waals surface area contributed by atoms with Crippen LogP contribution in [0.25, 0.3) is 11.1 Å². The molecule has 1 saturated heterocycles.